The van der Waals surface area contributed by atoms with Gasteiger partial charge in [0.05, 0.1) is 17.5 Å². The number of thiophene rings is 1. The van der Waals surface area contributed by atoms with Crippen molar-refractivity contribution in [3.8, 4) is 0 Å². The van der Waals surface area contributed by atoms with Crippen molar-refractivity contribution in [2.75, 3.05) is 5.73 Å². The number of benzene rings is 1. The number of anilines is 1. The third-order valence-corrected chi connectivity index (χ3v) is 3.53. The molecule has 74 valence electrons. The van der Waals surface area contributed by atoms with Crippen molar-refractivity contribution in [3.05, 3.63) is 29.3 Å². The van der Waals surface area contributed by atoms with Gasteiger partial charge in [0.25, 0.3) is 0 Å². The van der Waals surface area contributed by atoms with Gasteiger partial charge in [0.15, 0.2) is 0 Å². The molecule has 0 saturated heterocycles. The summed E-state index contributed by atoms with van der Waals surface area (Å²) in [5.41, 5.74) is 7.68. The highest BCUT2D eigenvalue weighted by atomic mass is 35.5. The van der Waals surface area contributed by atoms with Gasteiger partial charge in [0.2, 0.25) is 0 Å². The summed E-state index contributed by atoms with van der Waals surface area (Å²) in [6.45, 7) is 0.0252. The highest BCUT2D eigenvalue weighted by Crippen LogP contribution is 2.36. The molecular formula is C10H10ClNOS. The molecule has 2 aromatic rings. The van der Waals surface area contributed by atoms with Crippen LogP contribution in [-0.2, 0) is 12.5 Å². The molecule has 0 bridgehead atoms. The summed E-state index contributed by atoms with van der Waals surface area (Å²) < 4.78 is 1.09. The molecule has 2 rings (SSSR count). The molecular weight excluding hydrogens is 218 g/mol. The predicted octanol–water partition coefficient (Wildman–Crippen LogP) is 2.71. The molecule has 2 nitrogen and oxygen atoms in total. The van der Waals surface area contributed by atoms with Gasteiger partial charge in [-0.25, -0.2) is 0 Å². The molecule has 3 N–H and O–H groups in total. The summed E-state index contributed by atoms with van der Waals surface area (Å²) in [5.74, 6) is 0.392. The van der Waals surface area contributed by atoms with Crippen molar-refractivity contribution >= 4 is 38.0 Å². The van der Waals surface area contributed by atoms with Crippen molar-refractivity contribution < 1.29 is 5.11 Å². The Bertz CT molecular complexity index is 466. The van der Waals surface area contributed by atoms with Crippen LogP contribution in [0.1, 0.15) is 11.1 Å². The van der Waals surface area contributed by atoms with Crippen molar-refractivity contribution in [1.29, 1.82) is 0 Å². The number of alkyl halides is 1. The van der Waals surface area contributed by atoms with Crippen LogP contribution in [0.15, 0.2) is 18.2 Å². The fourth-order valence-electron chi connectivity index (χ4n) is 1.57. The van der Waals surface area contributed by atoms with Gasteiger partial charge >= 0.3 is 0 Å². The van der Waals surface area contributed by atoms with Gasteiger partial charge in [-0.15, -0.1) is 22.9 Å². The highest BCUT2D eigenvalue weighted by Gasteiger charge is 2.11. The minimum Gasteiger partial charge on any atom is -0.392 e. The van der Waals surface area contributed by atoms with E-state index < -0.39 is 0 Å². The Morgan fingerprint density at radius 1 is 1.43 bits per heavy atom. The van der Waals surface area contributed by atoms with Crippen molar-refractivity contribution in [3.63, 3.8) is 0 Å². The van der Waals surface area contributed by atoms with Gasteiger partial charge in [-0.3, -0.25) is 0 Å². The van der Waals surface area contributed by atoms with Gasteiger partial charge in [-0.05, 0) is 11.6 Å². The zero-order valence-electron chi connectivity index (χ0n) is 7.46. The van der Waals surface area contributed by atoms with Crippen LogP contribution >= 0.6 is 22.9 Å². The lowest BCUT2D eigenvalue weighted by atomic mass is 10.1. The van der Waals surface area contributed by atoms with E-state index in [4.69, 9.17) is 17.3 Å². The third kappa shape index (κ3) is 1.38. The number of rotatable bonds is 2. The zero-order valence-corrected chi connectivity index (χ0v) is 9.03. The van der Waals surface area contributed by atoms with E-state index in [1.807, 2.05) is 18.2 Å². The first kappa shape index (κ1) is 9.77. The normalized spacial score (nSPS) is 11.0. The van der Waals surface area contributed by atoms with E-state index in [1.54, 1.807) is 0 Å². The van der Waals surface area contributed by atoms with Crippen LogP contribution < -0.4 is 5.73 Å². The number of aliphatic hydroxyl groups excluding tert-OH is 1. The van der Waals surface area contributed by atoms with Crippen LogP contribution in [0.3, 0.4) is 0 Å². The van der Waals surface area contributed by atoms with E-state index in [0.29, 0.717) is 5.88 Å². The lowest BCUT2D eigenvalue weighted by Gasteiger charge is -2.00. The molecule has 0 aliphatic heterocycles. The van der Waals surface area contributed by atoms with E-state index in [0.717, 1.165) is 26.2 Å². The Balaban J connectivity index is 2.82. The lowest BCUT2D eigenvalue weighted by Crippen LogP contribution is -1.89. The fourth-order valence-corrected chi connectivity index (χ4v) is 2.97. The first-order valence-electron chi connectivity index (χ1n) is 4.23. The number of hydrogen-bond donors (Lipinski definition) is 2. The molecule has 1 aromatic carbocycles. The van der Waals surface area contributed by atoms with Crippen molar-refractivity contribution in [2.45, 2.75) is 12.5 Å². The highest BCUT2D eigenvalue weighted by molar-refractivity contribution is 7.23. The van der Waals surface area contributed by atoms with Crippen LogP contribution in [0.25, 0.3) is 10.1 Å². The summed E-state index contributed by atoms with van der Waals surface area (Å²) in [6, 6.07) is 5.80. The monoisotopic (exact) mass is 227 g/mol. The number of fused-ring (bicyclic) bond motifs is 1. The molecule has 0 fully saturated rings. The SMILES string of the molecule is Nc1sc2cccc(CO)c2c1CCl. The maximum Gasteiger partial charge on any atom is 0.0913 e. The van der Waals surface area contributed by atoms with Crippen LogP contribution in [0.4, 0.5) is 5.00 Å². The molecule has 1 aromatic heterocycles. The average molecular weight is 228 g/mol. The molecule has 0 radical (unpaired) electrons. The molecule has 0 aliphatic rings. The predicted molar refractivity (Wildman–Crippen MR) is 61.7 cm³/mol. The summed E-state index contributed by atoms with van der Waals surface area (Å²) in [6.07, 6.45) is 0. The maximum absolute atomic E-state index is 9.19. The lowest BCUT2D eigenvalue weighted by molar-refractivity contribution is 0.283. The van der Waals surface area contributed by atoms with Crippen LogP contribution in [0.2, 0.25) is 0 Å². The first-order valence-corrected chi connectivity index (χ1v) is 5.58. The van der Waals surface area contributed by atoms with Gasteiger partial charge in [0, 0.05) is 15.6 Å². The number of aliphatic hydroxyl groups is 1. The van der Waals surface area contributed by atoms with E-state index in [-0.39, 0.29) is 6.61 Å². The van der Waals surface area contributed by atoms with Crippen LogP contribution in [0.5, 0.6) is 0 Å². The number of halogens is 1. The Labute approximate surface area is 90.9 Å². The average Bonchev–Trinajstić information content (AvgIpc) is 2.52. The zero-order chi connectivity index (χ0) is 10.1. The largest absolute Gasteiger partial charge is 0.392 e. The number of nitrogens with two attached hydrogens (primary N) is 1. The van der Waals surface area contributed by atoms with Crippen LogP contribution in [0, 0.1) is 0 Å². The smallest absolute Gasteiger partial charge is 0.0913 e. The van der Waals surface area contributed by atoms with E-state index in [9.17, 15) is 5.11 Å². The second-order valence-corrected chi connectivity index (χ2v) is 4.38. The van der Waals surface area contributed by atoms with E-state index in [1.165, 1.54) is 11.3 Å². The Hall–Kier alpha value is -0.770. The Morgan fingerprint density at radius 3 is 2.86 bits per heavy atom. The first-order chi connectivity index (χ1) is 6.77. The van der Waals surface area contributed by atoms with Gasteiger partial charge in [0.1, 0.15) is 0 Å². The van der Waals surface area contributed by atoms with Crippen LogP contribution in [-0.4, -0.2) is 5.11 Å². The maximum atomic E-state index is 9.19. The molecule has 0 atom stereocenters. The second kappa shape index (κ2) is 3.77. The summed E-state index contributed by atoms with van der Waals surface area (Å²) in [5, 5.41) is 11.0. The molecule has 0 amide bonds. The number of nitrogen functional groups attached to an aromatic ring is 1. The Morgan fingerprint density at radius 2 is 2.21 bits per heavy atom. The molecule has 4 heteroatoms. The minimum atomic E-state index is 0.0252. The summed E-state index contributed by atoms with van der Waals surface area (Å²) >= 11 is 7.34. The third-order valence-electron chi connectivity index (χ3n) is 2.24. The van der Waals surface area contributed by atoms with E-state index in [2.05, 4.69) is 0 Å². The topological polar surface area (TPSA) is 46.2 Å². The van der Waals surface area contributed by atoms with Crippen molar-refractivity contribution in [1.82, 2.24) is 0 Å². The molecule has 0 spiro atoms. The van der Waals surface area contributed by atoms with Crippen molar-refractivity contribution in [2.24, 2.45) is 0 Å². The summed E-state index contributed by atoms with van der Waals surface area (Å²) in [4.78, 5) is 0. The fraction of sp³-hybridized carbons (Fsp3) is 0.200. The van der Waals surface area contributed by atoms with Gasteiger partial charge in [-0.1, -0.05) is 12.1 Å². The standard InChI is InChI=1S/C10H10ClNOS/c11-4-7-9-6(5-13)2-1-3-8(9)14-10(7)12/h1-3,13H,4-5,12H2. The second-order valence-electron chi connectivity index (χ2n) is 3.03. The summed E-state index contributed by atoms with van der Waals surface area (Å²) in [7, 11) is 0. The quantitative estimate of drug-likeness (QED) is 0.775. The van der Waals surface area contributed by atoms with E-state index >= 15 is 0 Å². The minimum absolute atomic E-state index is 0.0252. The van der Waals surface area contributed by atoms with Gasteiger partial charge in [-0.2, -0.15) is 0 Å². The molecule has 0 aliphatic carbocycles. The molecule has 0 saturated carbocycles. The molecule has 14 heavy (non-hydrogen) atoms. The molecule has 0 unspecified atom stereocenters. The molecule has 1 heterocycles. The Kier molecular flexibility index (Phi) is 2.63. The van der Waals surface area contributed by atoms with Gasteiger partial charge < -0.3 is 10.8 Å². The number of hydrogen-bond acceptors (Lipinski definition) is 3.